The Morgan fingerprint density at radius 2 is 2.00 bits per heavy atom. The molecule has 0 fully saturated rings. The van der Waals surface area contributed by atoms with Crippen LogP contribution in [0.25, 0.3) is 0 Å². The normalized spacial score (nSPS) is 15.6. The average molecular weight is 519 g/mol. The van der Waals surface area contributed by atoms with Crippen molar-refractivity contribution >= 4 is 74.2 Å². The van der Waals surface area contributed by atoms with Gasteiger partial charge in [0.25, 0.3) is 10.0 Å². The number of benzene rings is 1. The number of sulfonamides is 1. The van der Waals surface area contributed by atoms with Crippen LogP contribution in [0.1, 0.15) is 0 Å². The number of ether oxygens (including phenoxy) is 2. The summed E-state index contributed by atoms with van der Waals surface area (Å²) < 4.78 is 48.2. The predicted octanol–water partition coefficient (Wildman–Crippen LogP) is 2.09. The van der Waals surface area contributed by atoms with Gasteiger partial charge in [0.2, 0.25) is 11.9 Å². The van der Waals surface area contributed by atoms with Crippen LogP contribution in [-0.4, -0.2) is 66.4 Å². The van der Waals surface area contributed by atoms with Gasteiger partial charge in [0.05, 0.1) is 32.2 Å². The predicted molar refractivity (Wildman–Crippen MR) is 127 cm³/mol. The maximum atomic E-state index is 12.9. The van der Waals surface area contributed by atoms with Crippen LogP contribution < -0.4 is 18.5 Å². The molecule has 3 heterocycles. The van der Waals surface area contributed by atoms with E-state index in [2.05, 4.69) is 14.1 Å². The third-order valence-corrected chi connectivity index (χ3v) is 8.35. The minimum Gasteiger partial charge on any atom is -0.493 e. The van der Waals surface area contributed by atoms with Gasteiger partial charge < -0.3 is 9.47 Å². The topological polar surface area (TPSA) is 101 Å². The molecule has 166 valence electrons. The number of rotatable bonds is 5. The van der Waals surface area contributed by atoms with E-state index in [9.17, 15) is 8.42 Å². The number of methoxy groups -OCH3 is 2. The molecule has 2 aliphatic heterocycles. The van der Waals surface area contributed by atoms with Crippen LogP contribution in [0.15, 0.2) is 28.1 Å². The van der Waals surface area contributed by atoms with Gasteiger partial charge in [-0.2, -0.15) is 4.37 Å². The highest BCUT2D eigenvalue weighted by atomic mass is 32.2. The summed E-state index contributed by atoms with van der Waals surface area (Å²) in [5.41, 5.74) is 0. The Morgan fingerprint density at radius 1 is 1.23 bits per heavy atom. The summed E-state index contributed by atoms with van der Waals surface area (Å²) in [6, 6.07) is 4.37. The zero-order valence-electron chi connectivity index (χ0n) is 16.5. The highest BCUT2D eigenvalue weighted by molar-refractivity contribution is 8.23. The van der Waals surface area contributed by atoms with Crippen molar-refractivity contribution in [3.8, 4) is 11.5 Å². The Bertz CT molecular complexity index is 1210. The number of aliphatic imine (C=N–C) groups is 1. The van der Waals surface area contributed by atoms with Crippen molar-refractivity contribution in [1.29, 1.82) is 0 Å². The van der Waals surface area contributed by atoms with E-state index in [1.54, 1.807) is 4.90 Å². The molecule has 0 atom stereocenters. The molecule has 1 aromatic carbocycles. The highest BCUT2D eigenvalue weighted by Crippen LogP contribution is 2.31. The molecule has 0 saturated heterocycles. The van der Waals surface area contributed by atoms with E-state index in [-0.39, 0.29) is 10.9 Å². The van der Waals surface area contributed by atoms with Gasteiger partial charge in [-0.1, -0.05) is 12.2 Å². The summed E-state index contributed by atoms with van der Waals surface area (Å²) in [5, 5.41) is 0. The molecule has 0 bridgehead atoms. The summed E-state index contributed by atoms with van der Waals surface area (Å²) in [6.07, 6.45) is 0. The van der Waals surface area contributed by atoms with E-state index in [1.807, 2.05) is 8.87 Å². The van der Waals surface area contributed by atoms with Crippen LogP contribution in [-0.2, 0) is 16.6 Å². The van der Waals surface area contributed by atoms with Gasteiger partial charge in [-0.15, -0.1) is 0 Å². The summed E-state index contributed by atoms with van der Waals surface area (Å²) in [4.78, 5) is 5.99. The molecule has 15 heteroatoms. The third kappa shape index (κ3) is 4.37. The van der Waals surface area contributed by atoms with E-state index in [0.29, 0.717) is 35.5 Å². The summed E-state index contributed by atoms with van der Waals surface area (Å²) >= 11 is 13.4. The monoisotopic (exact) mass is 518 g/mol. The second kappa shape index (κ2) is 8.90. The largest absolute Gasteiger partial charge is 0.493 e. The number of fused-ring (bicyclic) bond motifs is 1. The van der Waals surface area contributed by atoms with E-state index in [4.69, 9.17) is 33.9 Å². The molecule has 0 aliphatic carbocycles. The molecule has 0 saturated carbocycles. The molecule has 0 unspecified atom stereocenters. The molecule has 0 amide bonds. The summed E-state index contributed by atoms with van der Waals surface area (Å²) in [7, 11) is -0.982. The van der Waals surface area contributed by atoms with E-state index in [1.165, 1.54) is 55.9 Å². The first-order chi connectivity index (χ1) is 14.8. The van der Waals surface area contributed by atoms with Crippen molar-refractivity contribution < 1.29 is 17.9 Å². The fraction of sp³-hybridized carbons (Fsp3) is 0.375. The molecule has 4 rings (SSSR count). The van der Waals surface area contributed by atoms with Gasteiger partial charge in [0.15, 0.2) is 19.8 Å². The van der Waals surface area contributed by atoms with Gasteiger partial charge in [-0.05, 0) is 35.9 Å². The Balaban J connectivity index is 1.48. The number of anilines is 1. The zero-order valence-corrected chi connectivity index (χ0v) is 20.6. The van der Waals surface area contributed by atoms with Crippen LogP contribution in [0.4, 0.5) is 5.95 Å². The Kier molecular flexibility index (Phi) is 6.39. The van der Waals surface area contributed by atoms with Gasteiger partial charge >= 0.3 is 0 Å². The van der Waals surface area contributed by atoms with Crippen molar-refractivity contribution in [3.63, 3.8) is 0 Å². The maximum absolute atomic E-state index is 12.9. The molecule has 0 spiro atoms. The lowest BCUT2D eigenvalue weighted by Gasteiger charge is -2.24. The molecule has 2 aromatic rings. The number of aromatic nitrogens is 2. The first kappa shape index (κ1) is 22.3. The molecule has 1 N–H and O–H groups in total. The van der Waals surface area contributed by atoms with Gasteiger partial charge in [-0.25, -0.2) is 13.1 Å². The van der Waals surface area contributed by atoms with Gasteiger partial charge in [0, 0.05) is 31.1 Å². The fourth-order valence-electron chi connectivity index (χ4n) is 3.03. The number of nitrogens with zero attached hydrogens (tertiary/aromatic N) is 5. The van der Waals surface area contributed by atoms with Crippen LogP contribution in [0, 0.1) is 3.95 Å². The number of thiocarbonyl (C=S) groups is 1. The second-order valence-corrected chi connectivity index (χ2v) is 11.1. The fourth-order valence-corrected chi connectivity index (χ4v) is 6.34. The zero-order chi connectivity index (χ0) is 22.2. The van der Waals surface area contributed by atoms with Crippen LogP contribution in [0.2, 0.25) is 0 Å². The lowest BCUT2D eigenvalue weighted by molar-refractivity contribution is 0.354. The minimum absolute atomic E-state index is 0.0271. The van der Waals surface area contributed by atoms with E-state index in [0.717, 1.165) is 16.4 Å². The molecule has 0 radical (unpaired) electrons. The van der Waals surface area contributed by atoms with Crippen LogP contribution in [0.3, 0.4) is 0 Å². The van der Waals surface area contributed by atoms with Crippen molar-refractivity contribution in [2.75, 3.05) is 38.2 Å². The van der Waals surface area contributed by atoms with E-state index < -0.39 is 10.0 Å². The van der Waals surface area contributed by atoms with Gasteiger partial charge in [0.1, 0.15) is 0 Å². The van der Waals surface area contributed by atoms with Crippen LogP contribution in [0.5, 0.6) is 11.5 Å². The molecule has 1 aromatic heterocycles. The maximum Gasteiger partial charge on any atom is 0.264 e. The lowest BCUT2D eigenvalue weighted by atomic mass is 10.3. The first-order valence-electron chi connectivity index (χ1n) is 8.97. The number of nitrogens with one attached hydrogen (secondary N) is 1. The summed E-state index contributed by atoms with van der Waals surface area (Å²) in [6.45, 7) is 2.36. The van der Waals surface area contributed by atoms with Crippen molar-refractivity contribution in [3.05, 3.63) is 22.2 Å². The standard InChI is InChI=1S/C16H18N6O4S5/c1-25-11-4-3-10(9-12(11)26-2)31(23,24)19-13-17-5-6-20(13)16(28)30-22-8-7-21-14(22)18-29-15(21)27/h3-4,9H,5-8H2,1-2H3,(H,17,19). The third-order valence-electron chi connectivity index (χ3n) is 4.56. The molecule has 10 nitrogen and oxygen atoms in total. The number of guanidine groups is 1. The van der Waals surface area contributed by atoms with Crippen LogP contribution >= 0.6 is 47.9 Å². The Labute approximate surface area is 198 Å². The quantitative estimate of drug-likeness (QED) is 0.468. The van der Waals surface area contributed by atoms with Crippen molar-refractivity contribution in [1.82, 2.24) is 18.6 Å². The number of hydrogen-bond acceptors (Lipinski definition) is 11. The first-order valence-corrected chi connectivity index (χ1v) is 12.8. The lowest BCUT2D eigenvalue weighted by Crippen LogP contribution is -2.44. The van der Waals surface area contributed by atoms with Crippen molar-refractivity contribution in [2.24, 2.45) is 4.99 Å². The Morgan fingerprint density at radius 3 is 2.74 bits per heavy atom. The average Bonchev–Trinajstić information content (AvgIpc) is 3.46. The molecular weight excluding hydrogens is 501 g/mol. The minimum atomic E-state index is -3.91. The number of hydrogen-bond donors (Lipinski definition) is 1. The van der Waals surface area contributed by atoms with Gasteiger partial charge in [-0.3, -0.25) is 18.8 Å². The second-order valence-electron chi connectivity index (χ2n) is 6.34. The Hall–Kier alpha value is -1.94. The van der Waals surface area contributed by atoms with E-state index >= 15 is 0 Å². The molecule has 31 heavy (non-hydrogen) atoms. The smallest absolute Gasteiger partial charge is 0.264 e. The SMILES string of the molecule is COc1ccc(S(=O)(=O)NC2=NCCN2C(=S)SN2CCn3c2nsc3=S)cc1OC. The molecule has 2 aliphatic rings. The molecular formula is C16H18N6O4S5. The summed E-state index contributed by atoms with van der Waals surface area (Å²) in [5.74, 6) is 1.69. The van der Waals surface area contributed by atoms with Crippen molar-refractivity contribution in [2.45, 2.75) is 11.4 Å². The highest BCUT2D eigenvalue weighted by Gasteiger charge is 2.30.